The van der Waals surface area contributed by atoms with Crippen molar-refractivity contribution in [2.24, 2.45) is 5.73 Å². The van der Waals surface area contributed by atoms with Gasteiger partial charge in [0.15, 0.2) is 0 Å². The summed E-state index contributed by atoms with van der Waals surface area (Å²) in [6.07, 6.45) is 3.46. The number of benzene rings is 1. The van der Waals surface area contributed by atoms with Gasteiger partial charge in [0.25, 0.3) is 0 Å². The molecular formula is C12H17NO. The third kappa shape index (κ3) is 2.36. The molecule has 0 saturated heterocycles. The van der Waals surface area contributed by atoms with Gasteiger partial charge >= 0.3 is 0 Å². The molecule has 1 aromatic carbocycles. The van der Waals surface area contributed by atoms with Gasteiger partial charge in [0.1, 0.15) is 5.75 Å². The van der Waals surface area contributed by atoms with Crippen molar-refractivity contribution in [3.05, 3.63) is 42.0 Å². The summed E-state index contributed by atoms with van der Waals surface area (Å²) >= 11 is 0. The number of nitrogens with two attached hydrogens (primary N) is 1. The topological polar surface area (TPSA) is 46.2 Å². The van der Waals surface area contributed by atoms with E-state index in [9.17, 15) is 5.11 Å². The van der Waals surface area contributed by atoms with Crippen LogP contribution in [0.2, 0.25) is 0 Å². The van der Waals surface area contributed by atoms with E-state index in [4.69, 9.17) is 5.73 Å². The largest absolute Gasteiger partial charge is 0.508 e. The van der Waals surface area contributed by atoms with E-state index in [1.54, 1.807) is 18.2 Å². The highest BCUT2D eigenvalue weighted by Gasteiger charge is 2.09. The van der Waals surface area contributed by atoms with E-state index in [0.29, 0.717) is 0 Å². The maximum Gasteiger partial charge on any atom is 0.115 e. The van der Waals surface area contributed by atoms with Gasteiger partial charge in [-0.2, -0.15) is 0 Å². The number of hydrogen-bond donors (Lipinski definition) is 2. The highest BCUT2D eigenvalue weighted by Crippen LogP contribution is 2.24. The zero-order chi connectivity index (χ0) is 10.6. The minimum absolute atomic E-state index is 0.0606. The van der Waals surface area contributed by atoms with E-state index in [-0.39, 0.29) is 11.8 Å². The number of phenolic OH excluding ortho intramolecular Hbond substituents is 1. The van der Waals surface area contributed by atoms with Crippen LogP contribution in [0.4, 0.5) is 0 Å². The van der Waals surface area contributed by atoms with Crippen LogP contribution in [0.5, 0.6) is 5.75 Å². The fraction of sp³-hybridized carbons (Fsp3) is 0.333. The minimum Gasteiger partial charge on any atom is -0.508 e. The maximum absolute atomic E-state index is 9.37. The predicted molar refractivity (Wildman–Crippen MR) is 59.2 cm³/mol. The molecule has 0 aromatic heterocycles. The summed E-state index contributed by atoms with van der Waals surface area (Å²) in [5.41, 5.74) is 8.18. The molecule has 0 bridgehead atoms. The Kier molecular flexibility index (Phi) is 3.72. The summed E-state index contributed by atoms with van der Waals surface area (Å²) in [7, 11) is 0. The molecule has 76 valence electrons. The Hall–Kier alpha value is -1.28. The molecule has 3 N–H and O–H groups in total. The van der Waals surface area contributed by atoms with Crippen LogP contribution in [0, 0.1) is 0 Å². The lowest BCUT2D eigenvalue weighted by Crippen LogP contribution is -2.11. The molecular weight excluding hydrogens is 174 g/mol. The van der Waals surface area contributed by atoms with Crippen LogP contribution in [-0.4, -0.2) is 5.11 Å². The summed E-state index contributed by atoms with van der Waals surface area (Å²) in [4.78, 5) is 0. The Morgan fingerprint density at radius 2 is 2.29 bits per heavy atom. The van der Waals surface area contributed by atoms with Crippen LogP contribution in [0.15, 0.2) is 30.9 Å². The van der Waals surface area contributed by atoms with E-state index < -0.39 is 0 Å². The molecule has 0 aliphatic rings. The fourth-order valence-corrected chi connectivity index (χ4v) is 1.56. The molecule has 0 saturated carbocycles. The smallest absolute Gasteiger partial charge is 0.115 e. The summed E-state index contributed by atoms with van der Waals surface area (Å²) in [5, 5.41) is 9.37. The first-order valence-corrected chi connectivity index (χ1v) is 4.87. The molecule has 0 amide bonds. The minimum atomic E-state index is -0.0606. The second kappa shape index (κ2) is 4.82. The third-order valence-electron chi connectivity index (χ3n) is 2.33. The number of aryl methyl sites for hydroxylation is 1. The average molecular weight is 191 g/mol. The fourth-order valence-electron chi connectivity index (χ4n) is 1.56. The normalized spacial score (nSPS) is 12.4. The first kappa shape index (κ1) is 10.8. The maximum atomic E-state index is 9.37. The monoisotopic (exact) mass is 191 g/mol. The molecule has 2 nitrogen and oxygen atoms in total. The Labute approximate surface area is 85.1 Å². The highest BCUT2D eigenvalue weighted by atomic mass is 16.3. The highest BCUT2D eigenvalue weighted by molar-refractivity contribution is 5.37. The van der Waals surface area contributed by atoms with Gasteiger partial charge in [0.2, 0.25) is 0 Å². The summed E-state index contributed by atoms with van der Waals surface area (Å²) in [5.74, 6) is 0.275. The zero-order valence-electron chi connectivity index (χ0n) is 8.53. The molecule has 0 heterocycles. The van der Waals surface area contributed by atoms with Gasteiger partial charge in [0, 0.05) is 6.04 Å². The number of phenols is 1. The van der Waals surface area contributed by atoms with Crippen molar-refractivity contribution in [1.82, 2.24) is 0 Å². The third-order valence-corrected chi connectivity index (χ3v) is 2.33. The van der Waals surface area contributed by atoms with Crippen molar-refractivity contribution in [2.45, 2.75) is 25.8 Å². The first-order valence-electron chi connectivity index (χ1n) is 4.87. The Balaban J connectivity index is 3.02. The van der Waals surface area contributed by atoms with Crippen LogP contribution >= 0.6 is 0 Å². The van der Waals surface area contributed by atoms with Crippen LogP contribution in [0.1, 0.15) is 30.5 Å². The van der Waals surface area contributed by atoms with Gasteiger partial charge in [-0.15, -0.1) is 6.58 Å². The number of rotatable bonds is 4. The molecule has 14 heavy (non-hydrogen) atoms. The van der Waals surface area contributed by atoms with Crippen molar-refractivity contribution in [3.8, 4) is 5.75 Å². The Morgan fingerprint density at radius 1 is 1.57 bits per heavy atom. The number of aromatic hydroxyl groups is 1. The Bertz CT molecular complexity index is 320. The van der Waals surface area contributed by atoms with Crippen molar-refractivity contribution in [2.75, 3.05) is 0 Å². The molecule has 0 aliphatic heterocycles. The van der Waals surface area contributed by atoms with E-state index >= 15 is 0 Å². The number of hydrogen-bond acceptors (Lipinski definition) is 2. The summed E-state index contributed by atoms with van der Waals surface area (Å²) < 4.78 is 0. The van der Waals surface area contributed by atoms with E-state index in [0.717, 1.165) is 18.4 Å². The van der Waals surface area contributed by atoms with E-state index in [1.807, 2.05) is 6.07 Å². The molecule has 0 unspecified atom stereocenters. The molecule has 0 fully saturated rings. The van der Waals surface area contributed by atoms with Crippen molar-refractivity contribution < 1.29 is 5.11 Å². The van der Waals surface area contributed by atoms with Gasteiger partial charge in [0.05, 0.1) is 0 Å². The van der Waals surface area contributed by atoms with Gasteiger partial charge < -0.3 is 10.8 Å². The van der Waals surface area contributed by atoms with E-state index in [2.05, 4.69) is 13.5 Å². The van der Waals surface area contributed by atoms with Crippen LogP contribution in [-0.2, 0) is 6.42 Å². The van der Waals surface area contributed by atoms with Gasteiger partial charge in [-0.25, -0.2) is 0 Å². The zero-order valence-corrected chi connectivity index (χ0v) is 8.53. The Morgan fingerprint density at radius 3 is 2.86 bits per heavy atom. The lowest BCUT2D eigenvalue weighted by atomic mass is 9.97. The molecule has 1 rings (SSSR count). The van der Waals surface area contributed by atoms with Gasteiger partial charge in [-0.1, -0.05) is 19.1 Å². The van der Waals surface area contributed by atoms with E-state index in [1.165, 1.54) is 5.56 Å². The second-order valence-corrected chi connectivity index (χ2v) is 3.37. The summed E-state index contributed by atoms with van der Waals surface area (Å²) in [6, 6.07) is 5.30. The van der Waals surface area contributed by atoms with Crippen molar-refractivity contribution in [3.63, 3.8) is 0 Å². The molecule has 0 aliphatic carbocycles. The molecule has 1 aromatic rings. The second-order valence-electron chi connectivity index (χ2n) is 3.37. The van der Waals surface area contributed by atoms with Gasteiger partial charge in [-0.3, -0.25) is 0 Å². The van der Waals surface area contributed by atoms with Crippen LogP contribution in [0.3, 0.4) is 0 Å². The van der Waals surface area contributed by atoms with Crippen LogP contribution < -0.4 is 5.73 Å². The average Bonchev–Trinajstić information content (AvgIpc) is 2.18. The van der Waals surface area contributed by atoms with Crippen molar-refractivity contribution in [1.29, 1.82) is 0 Å². The molecule has 2 heteroatoms. The van der Waals surface area contributed by atoms with Crippen LogP contribution in [0.25, 0.3) is 0 Å². The van der Waals surface area contributed by atoms with Gasteiger partial charge in [-0.05, 0) is 36.1 Å². The first-order chi connectivity index (χ1) is 6.69. The quantitative estimate of drug-likeness (QED) is 0.718. The summed E-state index contributed by atoms with van der Waals surface area (Å²) in [6.45, 7) is 5.74. The SMILES string of the molecule is C=CC[C@H](N)c1cc(O)ccc1CC. The van der Waals surface area contributed by atoms with Crippen molar-refractivity contribution >= 4 is 0 Å². The predicted octanol–water partition coefficient (Wildman–Crippen LogP) is 2.53. The lowest BCUT2D eigenvalue weighted by Gasteiger charge is -2.14. The molecule has 0 spiro atoms. The lowest BCUT2D eigenvalue weighted by molar-refractivity contribution is 0.473. The standard InChI is InChI=1S/C12H17NO/c1-3-5-12(13)11-8-10(14)7-6-9(11)4-2/h3,6-8,12,14H,1,4-5,13H2,2H3/t12-/m0/s1. The molecule has 0 radical (unpaired) electrons. The molecule has 1 atom stereocenters.